The molecular weight excluding hydrogens is 370 g/mol. The van der Waals surface area contributed by atoms with Crippen molar-refractivity contribution in [2.24, 2.45) is 5.92 Å². The Morgan fingerprint density at radius 3 is 2.64 bits per heavy atom. The lowest BCUT2D eigenvalue weighted by molar-refractivity contribution is -0.126. The second kappa shape index (κ2) is 7.41. The van der Waals surface area contributed by atoms with E-state index in [1.807, 2.05) is 12.1 Å². The van der Waals surface area contributed by atoms with E-state index in [9.17, 15) is 4.79 Å². The number of piperazine rings is 1. The summed E-state index contributed by atoms with van der Waals surface area (Å²) in [5.41, 5.74) is 3.89. The number of nitrogens with zero attached hydrogens (tertiary/aromatic N) is 2. The fourth-order valence-electron chi connectivity index (χ4n) is 4.64. The van der Waals surface area contributed by atoms with Gasteiger partial charge in [-0.1, -0.05) is 41.9 Å². The van der Waals surface area contributed by atoms with Crippen molar-refractivity contribution in [3.63, 3.8) is 0 Å². The van der Waals surface area contributed by atoms with Crippen LogP contribution in [0.25, 0.3) is 0 Å². The van der Waals surface area contributed by atoms with Crippen LogP contribution < -0.4 is 10.2 Å². The maximum absolute atomic E-state index is 13.0. The Morgan fingerprint density at radius 1 is 1.07 bits per heavy atom. The molecule has 0 aromatic heterocycles. The van der Waals surface area contributed by atoms with Crippen LogP contribution >= 0.6 is 11.6 Å². The summed E-state index contributed by atoms with van der Waals surface area (Å²) in [5.74, 6) is 0.254. The Hall–Kier alpha value is -2.04. The molecule has 4 nitrogen and oxygen atoms in total. The summed E-state index contributed by atoms with van der Waals surface area (Å²) in [6, 6.07) is 17.3. The van der Waals surface area contributed by atoms with Gasteiger partial charge in [-0.3, -0.25) is 9.69 Å². The molecule has 1 amide bonds. The largest absolute Gasteiger partial charge is 0.365 e. The van der Waals surface area contributed by atoms with Gasteiger partial charge in [-0.2, -0.15) is 0 Å². The summed E-state index contributed by atoms with van der Waals surface area (Å²) in [4.78, 5) is 18.0. The van der Waals surface area contributed by atoms with Crippen molar-refractivity contribution in [3.8, 4) is 0 Å². The Kier molecular flexibility index (Phi) is 4.77. The van der Waals surface area contributed by atoms with Crippen LogP contribution in [0.5, 0.6) is 0 Å². The maximum Gasteiger partial charge on any atom is 0.225 e. The van der Waals surface area contributed by atoms with E-state index in [0.717, 1.165) is 50.5 Å². The highest BCUT2D eigenvalue weighted by atomic mass is 35.5. The predicted molar refractivity (Wildman–Crippen MR) is 113 cm³/mol. The predicted octanol–water partition coefficient (Wildman–Crippen LogP) is 3.48. The number of benzene rings is 2. The van der Waals surface area contributed by atoms with Gasteiger partial charge in [-0.15, -0.1) is 0 Å². The number of carbonyl (C=O) groups is 1. The van der Waals surface area contributed by atoms with Gasteiger partial charge in [-0.25, -0.2) is 0 Å². The van der Waals surface area contributed by atoms with E-state index in [-0.39, 0.29) is 17.9 Å². The van der Waals surface area contributed by atoms with Crippen molar-refractivity contribution in [1.29, 1.82) is 0 Å². The molecule has 2 aromatic carbocycles. The van der Waals surface area contributed by atoms with E-state index in [4.69, 9.17) is 11.6 Å². The normalized spacial score (nSPS) is 24.4. The Balaban J connectivity index is 1.37. The van der Waals surface area contributed by atoms with Crippen molar-refractivity contribution in [2.75, 3.05) is 24.5 Å². The number of nitrogens with one attached hydrogen (secondary N) is 1. The number of hydrogen-bond acceptors (Lipinski definition) is 3. The van der Waals surface area contributed by atoms with Crippen molar-refractivity contribution < 1.29 is 4.79 Å². The van der Waals surface area contributed by atoms with Gasteiger partial charge in [0.25, 0.3) is 0 Å². The van der Waals surface area contributed by atoms with Crippen LogP contribution in [0.15, 0.2) is 48.5 Å². The number of anilines is 1. The van der Waals surface area contributed by atoms with Gasteiger partial charge < -0.3 is 10.2 Å². The second-order valence-electron chi connectivity index (χ2n) is 8.34. The summed E-state index contributed by atoms with van der Waals surface area (Å²) in [5, 5.41) is 4.03. The van der Waals surface area contributed by atoms with Gasteiger partial charge in [0.15, 0.2) is 0 Å². The smallest absolute Gasteiger partial charge is 0.225 e. The summed E-state index contributed by atoms with van der Waals surface area (Å²) in [6.07, 6.45) is 3.10. The molecule has 2 unspecified atom stereocenters. The molecule has 2 aliphatic heterocycles. The SMILES string of the molecule is O=C(NC1CC1)C1Cc2ccccc2N2CCN(Cc3ccc(Cl)cc3)CC12. The van der Waals surface area contributed by atoms with Gasteiger partial charge in [0.2, 0.25) is 5.91 Å². The Labute approximate surface area is 171 Å². The molecule has 146 valence electrons. The van der Waals surface area contributed by atoms with Crippen molar-refractivity contribution in [2.45, 2.75) is 37.9 Å². The molecule has 1 aliphatic carbocycles. The fourth-order valence-corrected chi connectivity index (χ4v) is 4.77. The molecular formula is C23H26ClN3O. The molecule has 2 fully saturated rings. The zero-order chi connectivity index (χ0) is 19.1. The molecule has 2 atom stereocenters. The van der Waals surface area contributed by atoms with E-state index in [1.54, 1.807) is 0 Å². The highest BCUT2D eigenvalue weighted by Gasteiger charge is 2.42. The first kappa shape index (κ1) is 18.0. The minimum atomic E-state index is 0.0171. The first-order valence-electron chi connectivity index (χ1n) is 10.3. The van der Waals surface area contributed by atoms with Crippen LogP contribution in [-0.2, 0) is 17.8 Å². The molecule has 28 heavy (non-hydrogen) atoms. The summed E-state index contributed by atoms with van der Waals surface area (Å²) < 4.78 is 0. The van der Waals surface area contributed by atoms with Crippen LogP contribution in [0, 0.1) is 5.92 Å². The van der Waals surface area contributed by atoms with Gasteiger partial charge in [0, 0.05) is 42.9 Å². The monoisotopic (exact) mass is 395 g/mol. The summed E-state index contributed by atoms with van der Waals surface area (Å²) in [7, 11) is 0. The molecule has 1 saturated heterocycles. The minimum Gasteiger partial charge on any atom is -0.365 e. The van der Waals surface area contributed by atoms with Crippen LogP contribution in [0.1, 0.15) is 24.0 Å². The molecule has 2 aromatic rings. The van der Waals surface area contributed by atoms with Gasteiger partial charge >= 0.3 is 0 Å². The number of carbonyl (C=O) groups excluding carboxylic acids is 1. The summed E-state index contributed by atoms with van der Waals surface area (Å²) in [6.45, 7) is 3.78. The van der Waals surface area contributed by atoms with Gasteiger partial charge in [0.1, 0.15) is 0 Å². The van der Waals surface area contributed by atoms with Crippen molar-refractivity contribution in [3.05, 3.63) is 64.7 Å². The number of para-hydroxylation sites is 1. The standard InChI is InChI=1S/C23H26ClN3O/c24-18-7-5-16(6-8-18)14-26-11-12-27-21-4-2-1-3-17(21)13-20(22(27)15-26)23(28)25-19-9-10-19/h1-8,19-20,22H,9-15H2,(H,25,28). The average molecular weight is 396 g/mol. The lowest BCUT2D eigenvalue weighted by Crippen LogP contribution is -2.61. The van der Waals surface area contributed by atoms with Crippen LogP contribution in [0.2, 0.25) is 5.02 Å². The number of rotatable bonds is 4. The van der Waals surface area contributed by atoms with Crippen LogP contribution in [0.3, 0.4) is 0 Å². The third-order valence-corrected chi connectivity index (χ3v) is 6.54. The lowest BCUT2D eigenvalue weighted by atomic mass is 9.83. The topological polar surface area (TPSA) is 35.6 Å². The van der Waals surface area contributed by atoms with Crippen molar-refractivity contribution in [1.82, 2.24) is 10.2 Å². The van der Waals surface area contributed by atoms with E-state index >= 15 is 0 Å². The first-order valence-corrected chi connectivity index (χ1v) is 10.7. The molecule has 5 heteroatoms. The van der Waals surface area contributed by atoms with E-state index in [0.29, 0.717) is 6.04 Å². The highest BCUT2D eigenvalue weighted by molar-refractivity contribution is 6.30. The van der Waals surface area contributed by atoms with Crippen LogP contribution in [-0.4, -0.2) is 42.5 Å². The van der Waals surface area contributed by atoms with E-state index in [2.05, 4.69) is 51.5 Å². The fraction of sp³-hybridized carbons (Fsp3) is 0.435. The molecule has 1 saturated carbocycles. The zero-order valence-corrected chi connectivity index (χ0v) is 16.7. The van der Waals surface area contributed by atoms with E-state index in [1.165, 1.54) is 16.8 Å². The first-order chi connectivity index (χ1) is 13.7. The molecule has 1 N–H and O–H groups in total. The average Bonchev–Trinajstić information content (AvgIpc) is 3.53. The Morgan fingerprint density at radius 2 is 1.86 bits per heavy atom. The Bertz CT molecular complexity index is 864. The highest BCUT2D eigenvalue weighted by Crippen LogP contribution is 2.36. The third kappa shape index (κ3) is 3.63. The van der Waals surface area contributed by atoms with E-state index < -0.39 is 0 Å². The molecule has 0 radical (unpaired) electrons. The summed E-state index contributed by atoms with van der Waals surface area (Å²) >= 11 is 6.03. The van der Waals surface area contributed by atoms with Crippen molar-refractivity contribution >= 4 is 23.2 Å². The van der Waals surface area contributed by atoms with Gasteiger partial charge in [0.05, 0.1) is 12.0 Å². The quantitative estimate of drug-likeness (QED) is 0.860. The number of amides is 1. The number of hydrogen-bond donors (Lipinski definition) is 1. The molecule has 0 bridgehead atoms. The molecule has 3 aliphatic rings. The third-order valence-electron chi connectivity index (χ3n) is 6.29. The molecule has 2 heterocycles. The second-order valence-corrected chi connectivity index (χ2v) is 8.78. The number of halogens is 1. The minimum absolute atomic E-state index is 0.0171. The zero-order valence-electron chi connectivity index (χ0n) is 16.0. The number of fused-ring (bicyclic) bond motifs is 3. The maximum atomic E-state index is 13.0. The lowest BCUT2D eigenvalue weighted by Gasteiger charge is -2.49. The van der Waals surface area contributed by atoms with Gasteiger partial charge in [-0.05, 0) is 48.6 Å². The molecule has 5 rings (SSSR count). The van der Waals surface area contributed by atoms with Crippen LogP contribution in [0.4, 0.5) is 5.69 Å². The molecule has 0 spiro atoms.